The first kappa shape index (κ1) is 19.8. The van der Waals surface area contributed by atoms with Gasteiger partial charge in [0.2, 0.25) is 0 Å². The molecule has 2 aliphatic rings. The van der Waals surface area contributed by atoms with Crippen LogP contribution in [0.15, 0.2) is 24.5 Å². The van der Waals surface area contributed by atoms with E-state index in [0.29, 0.717) is 50.3 Å². The first-order valence-electron chi connectivity index (χ1n) is 10.5. The number of ether oxygens (including phenoxy) is 2. The lowest BCUT2D eigenvalue weighted by Gasteiger charge is -2.41. The number of likely N-dealkylation sites (tertiary alicyclic amines) is 1. The number of aromatic nitrogens is 3. The van der Waals surface area contributed by atoms with Gasteiger partial charge in [-0.05, 0) is 51.5 Å². The quantitative estimate of drug-likeness (QED) is 0.717. The summed E-state index contributed by atoms with van der Waals surface area (Å²) in [6.45, 7) is 3.97. The molecule has 4 heterocycles. The van der Waals surface area contributed by atoms with Crippen LogP contribution in [0.4, 0.5) is 0 Å². The number of fused-ring (bicyclic) bond motifs is 1. The Labute approximate surface area is 170 Å². The van der Waals surface area contributed by atoms with Crippen molar-refractivity contribution in [3.63, 3.8) is 0 Å². The number of esters is 1. The number of hydrogen-bond donors (Lipinski definition) is 0. The lowest BCUT2D eigenvalue weighted by molar-refractivity contribution is -0.162. The molecular formula is C21H28N4O4. The Morgan fingerprint density at radius 3 is 2.83 bits per heavy atom. The first-order valence-corrected chi connectivity index (χ1v) is 10.5. The van der Waals surface area contributed by atoms with Gasteiger partial charge in [0.1, 0.15) is 0 Å². The predicted octanol–water partition coefficient (Wildman–Crippen LogP) is 2.47. The highest BCUT2D eigenvalue weighted by Crippen LogP contribution is 2.40. The highest BCUT2D eigenvalue weighted by Gasteiger charge is 2.45. The molecule has 0 spiro atoms. The minimum Gasteiger partial charge on any atom is -0.466 e. The van der Waals surface area contributed by atoms with Gasteiger partial charge in [-0.3, -0.25) is 9.59 Å². The van der Waals surface area contributed by atoms with E-state index < -0.39 is 5.41 Å². The highest BCUT2D eigenvalue weighted by molar-refractivity contribution is 5.93. The molecule has 0 aromatic carbocycles. The Balaban J connectivity index is 1.46. The standard InChI is InChI=1S/C21H28N4O4/c1-2-28-20(27)21(15-16-6-3-4-13-29-16)7-11-24(12-8-21)19(26)17-14-18-22-9-5-10-25(18)23-17/h5,9-10,14,16H,2-4,6-8,11-13,15H2,1H3/t16-/m1/s1. The molecule has 4 rings (SSSR count). The van der Waals surface area contributed by atoms with Crippen LogP contribution >= 0.6 is 0 Å². The van der Waals surface area contributed by atoms with Gasteiger partial charge in [-0.25, -0.2) is 9.50 Å². The van der Waals surface area contributed by atoms with Crippen molar-refractivity contribution in [2.45, 2.75) is 51.6 Å². The number of carbonyl (C=O) groups is 2. The van der Waals surface area contributed by atoms with Crippen LogP contribution in [-0.4, -0.2) is 63.8 Å². The van der Waals surface area contributed by atoms with Crippen LogP contribution < -0.4 is 0 Å². The number of amides is 1. The van der Waals surface area contributed by atoms with Crippen molar-refractivity contribution in [3.8, 4) is 0 Å². The van der Waals surface area contributed by atoms with Crippen LogP contribution in [0, 0.1) is 5.41 Å². The lowest BCUT2D eigenvalue weighted by atomic mass is 9.73. The molecular weight excluding hydrogens is 372 g/mol. The number of hydrogen-bond acceptors (Lipinski definition) is 6. The van der Waals surface area contributed by atoms with E-state index in [1.54, 1.807) is 33.9 Å². The molecule has 1 amide bonds. The van der Waals surface area contributed by atoms with Crippen molar-refractivity contribution in [2.24, 2.45) is 5.41 Å². The number of rotatable bonds is 5. The fourth-order valence-corrected chi connectivity index (χ4v) is 4.41. The molecule has 1 atom stereocenters. The predicted molar refractivity (Wildman–Crippen MR) is 105 cm³/mol. The van der Waals surface area contributed by atoms with Gasteiger partial charge >= 0.3 is 5.97 Å². The van der Waals surface area contributed by atoms with Crippen LogP contribution in [-0.2, 0) is 14.3 Å². The van der Waals surface area contributed by atoms with Crippen LogP contribution in [0.25, 0.3) is 5.65 Å². The van der Waals surface area contributed by atoms with E-state index in [0.717, 1.165) is 25.9 Å². The zero-order valence-corrected chi connectivity index (χ0v) is 16.9. The molecule has 0 unspecified atom stereocenters. The maximum atomic E-state index is 12.9. The summed E-state index contributed by atoms with van der Waals surface area (Å²) in [6.07, 6.45) is 8.59. The van der Waals surface area contributed by atoms with Gasteiger partial charge in [-0.1, -0.05) is 0 Å². The molecule has 2 fully saturated rings. The molecule has 0 radical (unpaired) electrons. The minimum atomic E-state index is -0.574. The molecule has 0 N–H and O–H groups in total. The Kier molecular flexibility index (Phi) is 5.80. The third-order valence-corrected chi connectivity index (χ3v) is 6.06. The van der Waals surface area contributed by atoms with Crippen molar-refractivity contribution in [3.05, 3.63) is 30.2 Å². The molecule has 0 saturated carbocycles. The van der Waals surface area contributed by atoms with Gasteiger partial charge in [0.05, 0.1) is 18.1 Å². The van der Waals surface area contributed by atoms with Gasteiger partial charge in [0.15, 0.2) is 11.3 Å². The van der Waals surface area contributed by atoms with E-state index in [-0.39, 0.29) is 18.0 Å². The normalized spacial score (nSPS) is 21.8. The molecule has 8 heteroatoms. The van der Waals surface area contributed by atoms with Gasteiger partial charge in [-0.2, -0.15) is 5.10 Å². The molecule has 2 aromatic rings. The molecule has 156 valence electrons. The van der Waals surface area contributed by atoms with Gasteiger partial charge in [-0.15, -0.1) is 0 Å². The highest BCUT2D eigenvalue weighted by atomic mass is 16.5. The van der Waals surface area contributed by atoms with Gasteiger partial charge in [0.25, 0.3) is 5.91 Å². The summed E-state index contributed by atoms with van der Waals surface area (Å²) in [4.78, 5) is 31.8. The Morgan fingerprint density at radius 2 is 2.14 bits per heavy atom. The van der Waals surface area contributed by atoms with Gasteiger partial charge < -0.3 is 14.4 Å². The van der Waals surface area contributed by atoms with E-state index in [2.05, 4.69) is 10.1 Å². The number of nitrogens with zero attached hydrogens (tertiary/aromatic N) is 4. The second-order valence-corrected chi connectivity index (χ2v) is 7.94. The third-order valence-electron chi connectivity index (χ3n) is 6.06. The fraction of sp³-hybridized carbons (Fsp3) is 0.619. The largest absolute Gasteiger partial charge is 0.466 e. The van der Waals surface area contributed by atoms with Crippen molar-refractivity contribution >= 4 is 17.5 Å². The van der Waals surface area contributed by atoms with E-state index in [1.807, 2.05) is 6.92 Å². The minimum absolute atomic E-state index is 0.0971. The molecule has 0 bridgehead atoms. The summed E-state index contributed by atoms with van der Waals surface area (Å²) >= 11 is 0. The molecule has 0 aliphatic carbocycles. The summed E-state index contributed by atoms with van der Waals surface area (Å²) in [5, 5.41) is 4.33. The lowest BCUT2D eigenvalue weighted by Crippen LogP contribution is -2.49. The Hall–Kier alpha value is -2.48. The van der Waals surface area contributed by atoms with E-state index in [9.17, 15) is 9.59 Å². The van der Waals surface area contributed by atoms with Crippen molar-refractivity contribution in [1.82, 2.24) is 19.5 Å². The van der Waals surface area contributed by atoms with Crippen molar-refractivity contribution < 1.29 is 19.1 Å². The maximum Gasteiger partial charge on any atom is 0.312 e. The zero-order valence-electron chi connectivity index (χ0n) is 16.9. The number of carbonyl (C=O) groups excluding carboxylic acids is 2. The average Bonchev–Trinajstić information content (AvgIpc) is 3.19. The monoisotopic (exact) mass is 400 g/mol. The number of piperidine rings is 1. The van der Waals surface area contributed by atoms with Crippen molar-refractivity contribution in [2.75, 3.05) is 26.3 Å². The summed E-state index contributed by atoms with van der Waals surface area (Å²) in [5.74, 6) is -0.278. The summed E-state index contributed by atoms with van der Waals surface area (Å²) in [5.41, 5.74) is 0.445. The van der Waals surface area contributed by atoms with Crippen LogP contribution in [0.2, 0.25) is 0 Å². The van der Waals surface area contributed by atoms with E-state index in [1.165, 1.54) is 0 Å². The molecule has 8 nitrogen and oxygen atoms in total. The van der Waals surface area contributed by atoms with Gasteiger partial charge in [0, 0.05) is 38.2 Å². The maximum absolute atomic E-state index is 12.9. The van der Waals surface area contributed by atoms with E-state index >= 15 is 0 Å². The summed E-state index contributed by atoms with van der Waals surface area (Å²) in [7, 11) is 0. The molecule has 2 aliphatic heterocycles. The Bertz CT molecular complexity index is 833. The van der Waals surface area contributed by atoms with Crippen molar-refractivity contribution in [1.29, 1.82) is 0 Å². The topological polar surface area (TPSA) is 86.0 Å². The van der Waals surface area contributed by atoms with Crippen LogP contribution in [0.1, 0.15) is 55.9 Å². The van der Waals surface area contributed by atoms with Crippen LogP contribution in [0.3, 0.4) is 0 Å². The smallest absolute Gasteiger partial charge is 0.312 e. The average molecular weight is 400 g/mol. The summed E-state index contributed by atoms with van der Waals surface area (Å²) in [6, 6.07) is 3.47. The molecule has 2 aromatic heterocycles. The second kappa shape index (κ2) is 8.49. The van der Waals surface area contributed by atoms with E-state index in [4.69, 9.17) is 9.47 Å². The molecule has 2 saturated heterocycles. The summed E-state index contributed by atoms with van der Waals surface area (Å²) < 4.78 is 12.9. The SMILES string of the molecule is CCOC(=O)C1(C[C@H]2CCCCO2)CCN(C(=O)c2cc3ncccn3n2)CC1. The second-order valence-electron chi connectivity index (χ2n) is 7.94. The fourth-order valence-electron chi connectivity index (χ4n) is 4.41. The first-order chi connectivity index (χ1) is 14.1. The Morgan fingerprint density at radius 1 is 1.31 bits per heavy atom. The third kappa shape index (κ3) is 4.12. The molecule has 29 heavy (non-hydrogen) atoms. The zero-order chi connectivity index (χ0) is 20.3. The van der Waals surface area contributed by atoms with Crippen LogP contribution in [0.5, 0.6) is 0 Å².